The Balaban J connectivity index is 2.07. The van der Waals surface area contributed by atoms with E-state index < -0.39 is 0 Å². The van der Waals surface area contributed by atoms with Crippen molar-refractivity contribution < 1.29 is 9.84 Å². The minimum absolute atomic E-state index is 0.0623. The van der Waals surface area contributed by atoms with E-state index in [9.17, 15) is 10.0 Å². The second kappa shape index (κ2) is 7.12. The van der Waals surface area contributed by atoms with Gasteiger partial charge in [0.1, 0.15) is 5.75 Å². The molecule has 0 aliphatic carbocycles. The van der Waals surface area contributed by atoms with E-state index in [2.05, 4.69) is 50.6 Å². The summed E-state index contributed by atoms with van der Waals surface area (Å²) >= 11 is 2.29. The molecule has 0 fully saturated rings. The van der Waals surface area contributed by atoms with Gasteiger partial charge >= 0.3 is 0 Å². The molecule has 27 heavy (non-hydrogen) atoms. The van der Waals surface area contributed by atoms with Gasteiger partial charge in [0, 0.05) is 27.6 Å². The quantitative estimate of drug-likeness (QED) is 0.413. The van der Waals surface area contributed by atoms with Gasteiger partial charge in [0.05, 0.1) is 12.6 Å². The molecule has 140 valence electrons. The average molecular weight is 477 g/mol. The van der Waals surface area contributed by atoms with Crippen LogP contribution in [-0.2, 0) is 13.0 Å². The van der Waals surface area contributed by atoms with Crippen LogP contribution in [0, 0.1) is 8.48 Å². The maximum Gasteiger partial charge on any atom is 0.219 e. The molecule has 7 heteroatoms. The molecule has 0 atom stereocenters. The number of rotatable bonds is 4. The summed E-state index contributed by atoms with van der Waals surface area (Å²) in [4.78, 5) is 16.7. The summed E-state index contributed by atoms with van der Waals surface area (Å²) in [6.45, 7) is 4.82. The van der Waals surface area contributed by atoms with Crippen LogP contribution in [0.25, 0.3) is 22.0 Å². The fourth-order valence-corrected chi connectivity index (χ4v) is 4.43. The van der Waals surface area contributed by atoms with Gasteiger partial charge in [0.2, 0.25) is 5.88 Å². The van der Waals surface area contributed by atoms with Crippen LogP contribution < -0.4 is 4.74 Å². The number of nitroso groups, excluding NO2 is 1. The maximum absolute atomic E-state index is 11.3. The van der Waals surface area contributed by atoms with Crippen LogP contribution in [0.1, 0.15) is 18.1 Å². The lowest BCUT2D eigenvalue weighted by Gasteiger charge is -2.30. The number of likely N-dealkylation sites (N-methyl/N-ethyl adjacent to an activating group) is 1. The third kappa shape index (κ3) is 2.98. The van der Waals surface area contributed by atoms with E-state index in [1.165, 1.54) is 5.56 Å². The van der Waals surface area contributed by atoms with Crippen molar-refractivity contribution in [1.29, 1.82) is 0 Å². The normalized spacial score (nSPS) is 14.3. The van der Waals surface area contributed by atoms with Crippen LogP contribution in [-0.4, -0.2) is 35.2 Å². The molecule has 0 spiro atoms. The van der Waals surface area contributed by atoms with Crippen molar-refractivity contribution in [3.05, 3.63) is 43.9 Å². The molecule has 3 aromatic rings. The van der Waals surface area contributed by atoms with E-state index in [1.54, 1.807) is 7.11 Å². The maximum atomic E-state index is 11.3. The minimum Gasteiger partial charge on any atom is -0.496 e. The lowest BCUT2D eigenvalue weighted by Crippen LogP contribution is -2.30. The van der Waals surface area contributed by atoms with E-state index in [0.717, 1.165) is 57.6 Å². The number of methoxy groups -OCH3 is 1. The second-order valence-electron chi connectivity index (χ2n) is 6.68. The van der Waals surface area contributed by atoms with Crippen molar-refractivity contribution in [2.45, 2.75) is 19.9 Å². The van der Waals surface area contributed by atoms with Crippen molar-refractivity contribution in [2.24, 2.45) is 5.18 Å². The highest BCUT2D eigenvalue weighted by Gasteiger charge is 2.26. The van der Waals surface area contributed by atoms with Gasteiger partial charge in [-0.05, 0) is 81.7 Å². The van der Waals surface area contributed by atoms with E-state index in [0.29, 0.717) is 5.39 Å². The Morgan fingerprint density at radius 1 is 1.30 bits per heavy atom. The average Bonchev–Trinajstić information content (AvgIpc) is 3.02. The third-order valence-corrected chi connectivity index (χ3v) is 5.99. The third-order valence-electron chi connectivity index (χ3n) is 5.32. The number of hydrogen-bond donors (Lipinski definition) is 2. The molecular formula is C20H20IN3O3. The first-order valence-corrected chi connectivity index (χ1v) is 9.94. The summed E-state index contributed by atoms with van der Waals surface area (Å²) < 4.78 is 6.71. The lowest BCUT2D eigenvalue weighted by atomic mass is 9.88. The molecule has 2 N–H and O–H groups in total. The predicted octanol–water partition coefficient (Wildman–Crippen LogP) is 4.93. The fourth-order valence-electron chi connectivity index (χ4n) is 3.94. The Hall–Kier alpha value is -2.13. The van der Waals surface area contributed by atoms with Gasteiger partial charge in [-0.1, -0.05) is 6.92 Å². The topological polar surface area (TPSA) is 77.9 Å². The predicted molar refractivity (Wildman–Crippen MR) is 115 cm³/mol. The lowest BCUT2D eigenvalue weighted by molar-refractivity contribution is 0.269. The molecule has 1 aliphatic heterocycles. The number of ether oxygens (including phenoxy) is 1. The molecule has 1 aliphatic rings. The number of halogens is 1. The highest BCUT2D eigenvalue weighted by Crippen LogP contribution is 2.44. The molecule has 0 saturated carbocycles. The standard InChI is InChI=1S/C20H20IN3O3/c1-3-24-7-6-12-13(14-8-11(21)4-5-17(14)27-2)9-15-18(16(12)10-24)22-20(25)19(15)23-26/h4-5,8-9,22,25H,3,6-7,10H2,1-2H3. The summed E-state index contributed by atoms with van der Waals surface area (Å²) in [6, 6.07) is 8.01. The number of aromatic amines is 1. The van der Waals surface area contributed by atoms with Crippen LogP contribution in [0.4, 0.5) is 5.69 Å². The molecule has 0 bridgehead atoms. The number of aromatic hydroxyl groups is 1. The van der Waals surface area contributed by atoms with E-state index in [1.807, 2.05) is 18.2 Å². The van der Waals surface area contributed by atoms with Gasteiger partial charge < -0.3 is 14.8 Å². The molecular weight excluding hydrogens is 457 g/mol. The second-order valence-corrected chi connectivity index (χ2v) is 7.93. The van der Waals surface area contributed by atoms with Crippen LogP contribution in [0.3, 0.4) is 0 Å². The Bertz CT molecular complexity index is 1040. The minimum atomic E-state index is -0.178. The van der Waals surface area contributed by atoms with Gasteiger partial charge in [-0.2, -0.15) is 0 Å². The summed E-state index contributed by atoms with van der Waals surface area (Å²) in [6.07, 6.45) is 0.896. The molecule has 0 radical (unpaired) electrons. The number of nitrogens with one attached hydrogen (secondary N) is 1. The highest BCUT2D eigenvalue weighted by atomic mass is 127. The van der Waals surface area contributed by atoms with Gasteiger partial charge in [0.25, 0.3) is 0 Å². The number of benzene rings is 2. The summed E-state index contributed by atoms with van der Waals surface area (Å²) in [7, 11) is 1.66. The molecule has 2 aromatic carbocycles. The summed E-state index contributed by atoms with van der Waals surface area (Å²) in [5.41, 5.74) is 5.22. The largest absolute Gasteiger partial charge is 0.496 e. The van der Waals surface area contributed by atoms with Crippen molar-refractivity contribution >= 4 is 39.2 Å². The summed E-state index contributed by atoms with van der Waals surface area (Å²) in [5.74, 6) is 0.609. The zero-order chi connectivity index (χ0) is 19.1. The van der Waals surface area contributed by atoms with Crippen molar-refractivity contribution in [1.82, 2.24) is 9.88 Å². The number of H-pyrrole nitrogens is 1. The fraction of sp³-hybridized carbons (Fsp3) is 0.300. The van der Waals surface area contributed by atoms with E-state index in [-0.39, 0.29) is 11.6 Å². The molecule has 0 amide bonds. The number of nitrogens with zero attached hydrogens (tertiary/aromatic N) is 2. The van der Waals surface area contributed by atoms with Crippen LogP contribution in [0.5, 0.6) is 11.6 Å². The van der Waals surface area contributed by atoms with Crippen LogP contribution in [0.15, 0.2) is 29.4 Å². The van der Waals surface area contributed by atoms with Gasteiger partial charge in [-0.15, -0.1) is 4.91 Å². The van der Waals surface area contributed by atoms with Crippen molar-refractivity contribution in [3.63, 3.8) is 0 Å². The zero-order valence-corrected chi connectivity index (χ0v) is 17.3. The van der Waals surface area contributed by atoms with Crippen LogP contribution in [0.2, 0.25) is 0 Å². The summed E-state index contributed by atoms with van der Waals surface area (Å²) in [5, 5.41) is 13.9. The van der Waals surface area contributed by atoms with Crippen LogP contribution >= 0.6 is 22.6 Å². The van der Waals surface area contributed by atoms with Gasteiger partial charge in [-0.25, -0.2) is 0 Å². The highest BCUT2D eigenvalue weighted by molar-refractivity contribution is 14.1. The smallest absolute Gasteiger partial charge is 0.219 e. The number of fused-ring (bicyclic) bond motifs is 3. The monoisotopic (exact) mass is 477 g/mol. The van der Waals surface area contributed by atoms with Gasteiger partial charge in [-0.3, -0.25) is 4.90 Å². The molecule has 2 heterocycles. The Labute approximate surface area is 170 Å². The molecule has 0 saturated heterocycles. The Morgan fingerprint density at radius 3 is 2.81 bits per heavy atom. The zero-order valence-electron chi connectivity index (χ0n) is 15.2. The molecule has 0 unspecified atom stereocenters. The molecule has 1 aromatic heterocycles. The first-order valence-electron chi connectivity index (χ1n) is 8.86. The number of aromatic nitrogens is 1. The van der Waals surface area contributed by atoms with Crippen molar-refractivity contribution in [3.8, 4) is 22.8 Å². The first kappa shape index (κ1) is 18.2. The first-order chi connectivity index (χ1) is 13.1. The SMILES string of the molecule is CCN1CCc2c(-c3cc(I)ccc3OC)cc3c(N=O)c(O)[nH]c3c2C1. The van der Waals surface area contributed by atoms with E-state index >= 15 is 0 Å². The van der Waals surface area contributed by atoms with Crippen molar-refractivity contribution in [2.75, 3.05) is 20.2 Å². The van der Waals surface area contributed by atoms with Gasteiger partial charge in [0.15, 0.2) is 5.69 Å². The Morgan fingerprint density at radius 2 is 2.11 bits per heavy atom. The number of hydrogen-bond acceptors (Lipinski definition) is 5. The molecule has 6 nitrogen and oxygen atoms in total. The van der Waals surface area contributed by atoms with E-state index in [4.69, 9.17) is 4.74 Å². The Kier molecular flexibility index (Phi) is 4.81. The molecule has 4 rings (SSSR count).